The van der Waals surface area contributed by atoms with Gasteiger partial charge in [0.15, 0.2) is 0 Å². The molecular weight excluding hydrogens is 486 g/mol. The highest BCUT2D eigenvalue weighted by Gasteiger charge is 2.28. The SMILES string of the molecule is Cn1nc(-c2ccccc2)c(CN(CC2CC2)C[C@@H](O)COc2ccccc2)c1Oc1ccc(Cl)cc1. The Kier molecular flexibility index (Phi) is 8.09. The topological polar surface area (TPSA) is 59.8 Å². The number of hydrogen-bond acceptors (Lipinski definition) is 5. The minimum atomic E-state index is -0.628. The van der Waals surface area contributed by atoms with Crippen LogP contribution in [0.1, 0.15) is 18.4 Å². The minimum Gasteiger partial charge on any atom is -0.491 e. The van der Waals surface area contributed by atoms with E-state index in [-0.39, 0.29) is 6.61 Å². The van der Waals surface area contributed by atoms with Gasteiger partial charge in [0.1, 0.15) is 29.9 Å². The van der Waals surface area contributed by atoms with E-state index in [2.05, 4.69) is 17.0 Å². The second kappa shape index (κ2) is 11.8. The van der Waals surface area contributed by atoms with Gasteiger partial charge in [0.2, 0.25) is 5.88 Å². The Morgan fingerprint density at radius 3 is 2.32 bits per heavy atom. The lowest BCUT2D eigenvalue weighted by molar-refractivity contribution is 0.0637. The third kappa shape index (κ3) is 6.92. The fourth-order valence-electron chi connectivity index (χ4n) is 4.42. The van der Waals surface area contributed by atoms with E-state index in [0.29, 0.717) is 35.7 Å². The lowest BCUT2D eigenvalue weighted by Gasteiger charge is -2.25. The molecule has 0 aliphatic heterocycles. The molecule has 0 radical (unpaired) electrons. The maximum absolute atomic E-state index is 10.9. The van der Waals surface area contributed by atoms with Crippen LogP contribution in [-0.4, -0.2) is 45.6 Å². The normalized spacial score (nSPS) is 14.1. The predicted octanol–water partition coefficient (Wildman–Crippen LogP) is 6.18. The molecule has 1 aliphatic rings. The van der Waals surface area contributed by atoms with E-state index in [1.807, 2.05) is 79.8 Å². The second-order valence-corrected chi connectivity index (χ2v) is 10.0. The highest BCUT2D eigenvalue weighted by atomic mass is 35.5. The molecule has 0 unspecified atom stereocenters. The Morgan fingerprint density at radius 2 is 1.65 bits per heavy atom. The molecule has 1 aliphatic carbocycles. The highest BCUT2D eigenvalue weighted by Crippen LogP contribution is 2.36. The number of halogens is 1. The molecule has 0 saturated heterocycles. The van der Waals surface area contributed by atoms with E-state index in [1.165, 1.54) is 12.8 Å². The molecule has 1 aromatic heterocycles. The molecule has 1 N–H and O–H groups in total. The average molecular weight is 518 g/mol. The van der Waals surface area contributed by atoms with Crippen LogP contribution in [0.4, 0.5) is 0 Å². The fraction of sp³-hybridized carbons (Fsp3) is 0.300. The molecule has 1 saturated carbocycles. The van der Waals surface area contributed by atoms with Crippen molar-refractivity contribution in [2.75, 3.05) is 19.7 Å². The maximum Gasteiger partial charge on any atom is 0.222 e. The van der Waals surface area contributed by atoms with E-state index >= 15 is 0 Å². The van der Waals surface area contributed by atoms with Crippen LogP contribution in [-0.2, 0) is 13.6 Å². The molecule has 0 spiro atoms. The van der Waals surface area contributed by atoms with Gasteiger partial charge in [0.05, 0.1) is 5.56 Å². The van der Waals surface area contributed by atoms with E-state index in [4.69, 9.17) is 26.2 Å². The standard InChI is InChI=1S/C30H32ClN3O3/c1-33-30(37-27-16-14-24(31)15-17-27)28(29(32-33)23-8-4-2-5-9-23)20-34(18-22-12-13-22)19-25(35)21-36-26-10-6-3-7-11-26/h2-11,14-17,22,25,35H,12-13,18-21H2,1H3/t25-/m1/s1. The monoisotopic (exact) mass is 517 g/mol. The van der Waals surface area contributed by atoms with Gasteiger partial charge in [-0.2, -0.15) is 5.10 Å². The summed E-state index contributed by atoms with van der Waals surface area (Å²) in [4.78, 5) is 2.30. The maximum atomic E-state index is 10.9. The third-order valence-corrected chi connectivity index (χ3v) is 6.66. The smallest absolute Gasteiger partial charge is 0.222 e. The summed E-state index contributed by atoms with van der Waals surface area (Å²) in [5, 5.41) is 16.4. The van der Waals surface area contributed by atoms with Gasteiger partial charge in [0.25, 0.3) is 0 Å². The van der Waals surface area contributed by atoms with Gasteiger partial charge < -0.3 is 14.6 Å². The van der Waals surface area contributed by atoms with Crippen LogP contribution in [0.3, 0.4) is 0 Å². The quantitative estimate of drug-likeness (QED) is 0.243. The van der Waals surface area contributed by atoms with Crippen molar-refractivity contribution in [2.45, 2.75) is 25.5 Å². The summed E-state index contributed by atoms with van der Waals surface area (Å²) in [7, 11) is 1.90. The Balaban J connectivity index is 1.40. The van der Waals surface area contributed by atoms with Gasteiger partial charge in [-0.15, -0.1) is 0 Å². The number of hydrogen-bond donors (Lipinski definition) is 1. The fourth-order valence-corrected chi connectivity index (χ4v) is 4.54. The zero-order valence-corrected chi connectivity index (χ0v) is 21.7. The third-order valence-electron chi connectivity index (χ3n) is 6.41. The van der Waals surface area contributed by atoms with Crippen molar-refractivity contribution in [2.24, 2.45) is 13.0 Å². The molecule has 192 valence electrons. The van der Waals surface area contributed by atoms with Crippen LogP contribution in [0.2, 0.25) is 5.02 Å². The van der Waals surface area contributed by atoms with Crippen molar-refractivity contribution in [3.63, 3.8) is 0 Å². The van der Waals surface area contributed by atoms with Crippen molar-refractivity contribution in [3.8, 4) is 28.6 Å². The molecule has 5 rings (SSSR count). The molecule has 0 bridgehead atoms. The zero-order valence-electron chi connectivity index (χ0n) is 21.0. The van der Waals surface area contributed by atoms with Crippen molar-refractivity contribution in [1.29, 1.82) is 0 Å². The number of para-hydroxylation sites is 1. The number of aliphatic hydroxyl groups excluding tert-OH is 1. The summed E-state index contributed by atoms with van der Waals surface area (Å²) < 4.78 is 14.0. The van der Waals surface area contributed by atoms with E-state index < -0.39 is 6.10 Å². The number of ether oxygens (including phenoxy) is 2. The zero-order chi connectivity index (χ0) is 25.6. The molecule has 1 heterocycles. The first kappa shape index (κ1) is 25.3. The summed E-state index contributed by atoms with van der Waals surface area (Å²) in [5.41, 5.74) is 2.89. The van der Waals surface area contributed by atoms with Gasteiger partial charge in [-0.05, 0) is 55.2 Å². The molecule has 7 heteroatoms. The van der Waals surface area contributed by atoms with Crippen LogP contribution in [0.5, 0.6) is 17.4 Å². The summed E-state index contributed by atoms with van der Waals surface area (Å²) in [5.74, 6) is 2.78. The van der Waals surface area contributed by atoms with Gasteiger partial charge >= 0.3 is 0 Å². The lowest BCUT2D eigenvalue weighted by Crippen LogP contribution is -2.36. The molecule has 4 aromatic rings. The first-order chi connectivity index (χ1) is 18.0. The first-order valence-electron chi connectivity index (χ1n) is 12.7. The summed E-state index contributed by atoms with van der Waals surface area (Å²) in [6.45, 7) is 2.23. The van der Waals surface area contributed by atoms with Crippen molar-refractivity contribution in [3.05, 3.63) is 95.5 Å². The summed E-state index contributed by atoms with van der Waals surface area (Å²) >= 11 is 6.08. The Labute approximate surface area is 223 Å². The highest BCUT2D eigenvalue weighted by molar-refractivity contribution is 6.30. The van der Waals surface area contributed by atoms with Crippen molar-refractivity contribution in [1.82, 2.24) is 14.7 Å². The Morgan fingerprint density at radius 1 is 0.973 bits per heavy atom. The molecule has 3 aromatic carbocycles. The number of benzene rings is 3. The van der Waals surface area contributed by atoms with Crippen LogP contribution >= 0.6 is 11.6 Å². The molecule has 37 heavy (non-hydrogen) atoms. The number of aliphatic hydroxyl groups is 1. The van der Waals surface area contributed by atoms with Gasteiger partial charge in [0, 0.05) is 37.3 Å². The number of rotatable bonds is 12. The largest absolute Gasteiger partial charge is 0.491 e. The van der Waals surface area contributed by atoms with Crippen molar-refractivity contribution >= 4 is 11.6 Å². The van der Waals surface area contributed by atoms with E-state index in [9.17, 15) is 5.11 Å². The minimum absolute atomic E-state index is 0.234. The van der Waals surface area contributed by atoms with Gasteiger partial charge in [-0.3, -0.25) is 4.90 Å². The van der Waals surface area contributed by atoms with Crippen LogP contribution in [0.15, 0.2) is 84.9 Å². The first-order valence-corrected chi connectivity index (χ1v) is 13.1. The second-order valence-electron chi connectivity index (χ2n) is 9.59. The van der Waals surface area contributed by atoms with E-state index in [0.717, 1.165) is 29.1 Å². The molecule has 1 fully saturated rings. The lowest BCUT2D eigenvalue weighted by atomic mass is 10.1. The molecule has 6 nitrogen and oxygen atoms in total. The van der Waals surface area contributed by atoms with E-state index in [1.54, 1.807) is 4.68 Å². The number of aromatic nitrogens is 2. The summed E-state index contributed by atoms with van der Waals surface area (Å²) in [6.07, 6.45) is 1.82. The van der Waals surface area contributed by atoms with Crippen LogP contribution in [0.25, 0.3) is 11.3 Å². The Bertz CT molecular complexity index is 1270. The molecule has 1 atom stereocenters. The average Bonchev–Trinajstić information content (AvgIpc) is 3.69. The molecule has 0 amide bonds. The number of aryl methyl sites for hydroxylation is 1. The number of nitrogens with zero attached hydrogens (tertiary/aromatic N) is 3. The predicted molar refractivity (Wildman–Crippen MR) is 146 cm³/mol. The van der Waals surface area contributed by atoms with Crippen LogP contribution in [0, 0.1) is 5.92 Å². The van der Waals surface area contributed by atoms with Crippen LogP contribution < -0.4 is 9.47 Å². The molecular formula is C30H32ClN3O3. The Hall–Kier alpha value is -3.32. The van der Waals surface area contributed by atoms with Gasteiger partial charge in [-0.1, -0.05) is 60.1 Å². The summed E-state index contributed by atoms with van der Waals surface area (Å²) in [6, 6.07) is 27.1. The van der Waals surface area contributed by atoms with Crippen molar-refractivity contribution < 1.29 is 14.6 Å². The van der Waals surface area contributed by atoms with Gasteiger partial charge in [-0.25, -0.2) is 4.68 Å².